The van der Waals surface area contributed by atoms with Crippen molar-refractivity contribution in [3.8, 4) is 5.75 Å². The Morgan fingerprint density at radius 3 is 2.15 bits per heavy atom. The Morgan fingerprint density at radius 1 is 0.979 bits per heavy atom. The number of amides is 3. The van der Waals surface area contributed by atoms with Gasteiger partial charge in [-0.15, -0.1) is 0 Å². The Morgan fingerprint density at radius 2 is 1.58 bits per heavy atom. The van der Waals surface area contributed by atoms with Crippen LogP contribution in [-0.4, -0.2) is 79.1 Å². The number of urea groups is 1. The summed E-state index contributed by atoms with van der Waals surface area (Å²) in [5.74, 6) is -0.0794. The van der Waals surface area contributed by atoms with Crippen molar-refractivity contribution < 1.29 is 32.3 Å². The topological polar surface area (TPSA) is 86.7 Å². The first-order valence-electron chi connectivity index (χ1n) is 15.5. The summed E-state index contributed by atoms with van der Waals surface area (Å²) in [7, 11) is 2.94. The second-order valence-electron chi connectivity index (χ2n) is 11.5. The van der Waals surface area contributed by atoms with Crippen molar-refractivity contribution >= 4 is 41.0 Å². The number of halogens is 5. The van der Waals surface area contributed by atoms with Crippen molar-refractivity contribution in [3.05, 3.63) is 99.0 Å². The average molecular weight is 707 g/mol. The molecule has 2 heterocycles. The molecule has 3 aromatic carbocycles. The third kappa shape index (κ3) is 7.89. The van der Waals surface area contributed by atoms with Gasteiger partial charge in [0.05, 0.1) is 37.4 Å². The molecule has 2 aliphatic heterocycles. The summed E-state index contributed by atoms with van der Waals surface area (Å²) in [4.78, 5) is 40.1. The summed E-state index contributed by atoms with van der Waals surface area (Å²) in [5.41, 5.74) is 0.865. The maximum atomic E-state index is 14.7. The number of aliphatic imine (C=N–C) groups is 1. The number of rotatable bonds is 9. The van der Waals surface area contributed by atoms with E-state index in [1.54, 1.807) is 41.0 Å². The summed E-state index contributed by atoms with van der Waals surface area (Å²) in [6.07, 6.45) is -3.45. The van der Waals surface area contributed by atoms with Crippen LogP contribution < -0.4 is 10.1 Å². The molecule has 14 heteroatoms. The summed E-state index contributed by atoms with van der Waals surface area (Å²) in [5, 5.41) is 5.40. The first-order valence-corrected chi connectivity index (χ1v) is 16.2. The lowest BCUT2D eigenvalue weighted by molar-refractivity contribution is -0.167. The van der Waals surface area contributed by atoms with Gasteiger partial charge in [-0.2, -0.15) is 13.2 Å². The van der Waals surface area contributed by atoms with Gasteiger partial charge in [-0.25, -0.2) is 9.86 Å². The van der Waals surface area contributed by atoms with Crippen LogP contribution >= 0.6 is 23.2 Å². The molecule has 1 N–H and O–H groups in total. The van der Waals surface area contributed by atoms with Crippen molar-refractivity contribution in [1.29, 1.82) is 0 Å². The highest BCUT2D eigenvalue weighted by atomic mass is 35.5. The zero-order valence-electron chi connectivity index (χ0n) is 26.6. The number of nitrogens with one attached hydrogen (secondary N) is 1. The lowest BCUT2D eigenvalue weighted by Gasteiger charge is -2.38. The van der Waals surface area contributed by atoms with Crippen LogP contribution in [-0.2, 0) is 15.8 Å². The van der Waals surface area contributed by atoms with Gasteiger partial charge in [-0.1, -0.05) is 47.5 Å². The molecule has 2 unspecified atom stereocenters. The number of likely N-dealkylation sites (tertiary alicyclic amines) is 1. The number of carbonyl (C=O) groups is 2. The van der Waals surface area contributed by atoms with Gasteiger partial charge in [-0.05, 0) is 73.4 Å². The molecule has 256 valence electrons. The smallest absolute Gasteiger partial charge is 0.416 e. The van der Waals surface area contributed by atoms with Crippen molar-refractivity contribution in [3.63, 3.8) is 0 Å². The number of carbonyl (C=O) groups excluding carboxylic acids is 2. The van der Waals surface area contributed by atoms with Crippen LogP contribution in [0.3, 0.4) is 0 Å². The molecule has 0 saturated carbocycles. The van der Waals surface area contributed by atoms with Crippen LogP contribution in [0.15, 0.2) is 71.7 Å². The Labute approximate surface area is 287 Å². The average Bonchev–Trinajstić information content (AvgIpc) is 3.47. The van der Waals surface area contributed by atoms with Crippen molar-refractivity contribution in [2.45, 2.75) is 44.1 Å². The van der Waals surface area contributed by atoms with E-state index in [1.807, 2.05) is 24.3 Å². The number of hydrogen-bond acceptors (Lipinski definition) is 6. The molecule has 3 amide bonds. The van der Waals surface area contributed by atoms with Crippen LogP contribution in [0.1, 0.15) is 54.1 Å². The SMILES string of the molecule is CCOc1cc(C(F)(F)F)ccc1C1=NC(c2ccc(Cl)cc2)C(c2ccc(Cl)cc2)N1C(=O)N1CCC(NCC(=O)N(C)OC)CC1. The summed E-state index contributed by atoms with van der Waals surface area (Å²) >= 11 is 12.5. The zero-order valence-corrected chi connectivity index (χ0v) is 28.1. The van der Waals surface area contributed by atoms with E-state index in [0.29, 0.717) is 36.0 Å². The van der Waals surface area contributed by atoms with Crippen LogP contribution in [0.5, 0.6) is 5.75 Å². The molecule has 48 heavy (non-hydrogen) atoms. The molecule has 9 nitrogen and oxygen atoms in total. The standard InChI is InChI=1S/C34H36Cl2F3N5O4/c1-4-48-28-19-23(34(37,38)39)9-14-27(28)32-41-30(21-5-10-24(35)11-6-21)31(22-7-12-25(36)13-8-22)44(32)33(46)43-17-15-26(16-18-43)40-20-29(45)42(2)47-3/h5-14,19,26,30-31,40H,4,15-18,20H2,1-3H3. The predicted molar refractivity (Wildman–Crippen MR) is 177 cm³/mol. The minimum Gasteiger partial charge on any atom is -0.493 e. The molecule has 0 aliphatic carbocycles. The number of piperidine rings is 1. The lowest BCUT2D eigenvalue weighted by Crippen LogP contribution is -2.52. The second kappa shape index (κ2) is 15.1. The molecule has 0 spiro atoms. The van der Waals surface area contributed by atoms with Gasteiger partial charge in [0.15, 0.2) is 0 Å². The second-order valence-corrected chi connectivity index (χ2v) is 12.3. The summed E-state index contributed by atoms with van der Waals surface area (Å²) in [6.45, 7) is 2.61. The fourth-order valence-corrected chi connectivity index (χ4v) is 6.14. The first kappa shape index (κ1) is 35.5. The fourth-order valence-electron chi connectivity index (χ4n) is 5.88. The molecule has 0 bridgehead atoms. The van der Waals surface area contributed by atoms with E-state index in [-0.39, 0.29) is 48.3 Å². The quantitative estimate of drug-likeness (QED) is 0.239. The summed E-state index contributed by atoms with van der Waals surface area (Å²) in [6, 6.07) is 15.7. The number of hydroxylamine groups is 2. The maximum Gasteiger partial charge on any atom is 0.416 e. The largest absolute Gasteiger partial charge is 0.493 e. The molecule has 1 saturated heterocycles. The van der Waals surface area contributed by atoms with Crippen molar-refractivity contribution in [1.82, 2.24) is 20.2 Å². The summed E-state index contributed by atoms with van der Waals surface area (Å²) < 4.78 is 47.1. The molecule has 0 aromatic heterocycles. The van der Waals surface area contributed by atoms with E-state index in [0.717, 1.165) is 28.3 Å². The van der Waals surface area contributed by atoms with Crippen molar-refractivity contribution in [2.24, 2.45) is 4.99 Å². The number of alkyl halides is 3. The minimum absolute atomic E-state index is 0.0108. The van der Waals surface area contributed by atoms with E-state index in [4.69, 9.17) is 37.8 Å². The highest BCUT2D eigenvalue weighted by molar-refractivity contribution is 6.30. The molecular formula is C34H36Cl2F3N5O4. The monoisotopic (exact) mass is 705 g/mol. The van der Waals surface area contributed by atoms with Gasteiger partial charge >= 0.3 is 12.2 Å². The fraction of sp³-hybridized carbons (Fsp3) is 0.382. The molecule has 2 atom stereocenters. The van der Waals surface area contributed by atoms with E-state index >= 15 is 0 Å². The molecule has 3 aromatic rings. The molecule has 1 fully saturated rings. The predicted octanol–water partition coefficient (Wildman–Crippen LogP) is 7.15. The van der Waals surface area contributed by atoms with Gasteiger partial charge in [0.2, 0.25) is 0 Å². The minimum atomic E-state index is -4.60. The molecule has 5 rings (SSSR count). The third-order valence-electron chi connectivity index (χ3n) is 8.48. The number of hydrogen-bond donors (Lipinski definition) is 1. The molecule has 2 aliphatic rings. The van der Waals surface area contributed by atoms with Crippen LogP contribution in [0.25, 0.3) is 0 Å². The first-order chi connectivity index (χ1) is 22.9. The van der Waals surface area contributed by atoms with Crippen LogP contribution in [0.4, 0.5) is 18.0 Å². The van der Waals surface area contributed by atoms with E-state index in [2.05, 4.69) is 5.32 Å². The number of amidine groups is 1. The van der Waals surface area contributed by atoms with Gasteiger partial charge in [0.1, 0.15) is 17.6 Å². The maximum absolute atomic E-state index is 14.7. The van der Waals surface area contributed by atoms with Crippen LogP contribution in [0.2, 0.25) is 10.0 Å². The molecule has 0 radical (unpaired) electrons. The number of nitrogens with zero attached hydrogens (tertiary/aromatic N) is 4. The van der Waals surface area contributed by atoms with Crippen molar-refractivity contribution in [2.75, 3.05) is 40.4 Å². The van der Waals surface area contributed by atoms with Crippen LogP contribution in [0, 0.1) is 0 Å². The number of ether oxygens (including phenoxy) is 1. The number of likely N-dealkylation sites (N-methyl/N-ethyl adjacent to an activating group) is 1. The van der Waals surface area contributed by atoms with Gasteiger partial charge in [0, 0.05) is 36.2 Å². The lowest BCUT2D eigenvalue weighted by atomic mass is 9.93. The van der Waals surface area contributed by atoms with E-state index in [1.165, 1.54) is 20.2 Å². The van der Waals surface area contributed by atoms with Gasteiger partial charge < -0.3 is 15.0 Å². The normalized spacial score (nSPS) is 18.5. The zero-order chi connectivity index (χ0) is 34.6. The highest BCUT2D eigenvalue weighted by Gasteiger charge is 2.45. The van der Waals surface area contributed by atoms with Gasteiger partial charge in [0.25, 0.3) is 5.91 Å². The highest BCUT2D eigenvalue weighted by Crippen LogP contribution is 2.46. The number of benzene rings is 3. The Bertz CT molecular complexity index is 1630. The van der Waals surface area contributed by atoms with Gasteiger partial charge in [-0.3, -0.25) is 19.5 Å². The Hall–Kier alpha value is -3.84. The van der Waals surface area contributed by atoms with E-state index in [9.17, 15) is 22.8 Å². The third-order valence-corrected chi connectivity index (χ3v) is 8.98. The Kier molecular flexibility index (Phi) is 11.2. The Balaban J connectivity index is 1.55. The molecular weight excluding hydrogens is 670 g/mol. The van der Waals surface area contributed by atoms with E-state index < -0.39 is 23.8 Å².